The molecule has 3 aromatic rings. The molecule has 1 aromatic carbocycles. The molecule has 1 amide bonds. The smallest absolute Gasteiger partial charge is 0.233 e. The molecule has 2 aliphatic rings. The second kappa shape index (κ2) is 6.84. The van der Waals surface area contributed by atoms with E-state index in [0.717, 1.165) is 58.2 Å². The second-order valence-electron chi connectivity index (χ2n) is 7.45. The van der Waals surface area contributed by atoms with E-state index in [2.05, 4.69) is 23.2 Å². The molecule has 0 unspecified atom stereocenters. The highest BCUT2D eigenvalue weighted by Gasteiger charge is 2.24. The van der Waals surface area contributed by atoms with Crippen molar-refractivity contribution >= 4 is 34.2 Å². The van der Waals surface area contributed by atoms with Gasteiger partial charge in [0, 0.05) is 24.0 Å². The zero-order valence-corrected chi connectivity index (χ0v) is 16.8. The van der Waals surface area contributed by atoms with Gasteiger partial charge in [-0.25, -0.2) is 0 Å². The van der Waals surface area contributed by atoms with Crippen LogP contribution < -0.4 is 9.47 Å². The van der Waals surface area contributed by atoms with Crippen molar-refractivity contribution in [2.75, 3.05) is 19.1 Å². The summed E-state index contributed by atoms with van der Waals surface area (Å²) < 4.78 is 13.1. The topological polar surface area (TPSA) is 69.0 Å². The molecule has 2 aliphatic heterocycles. The third kappa shape index (κ3) is 2.87. The van der Waals surface area contributed by atoms with E-state index >= 15 is 0 Å². The first-order chi connectivity index (χ1) is 13.6. The van der Waals surface area contributed by atoms with E-state index in [9.17, 15) is 4.79 Å². The van der Waals surface area contributed by atoms with Gasteiger partial charge >= 0.3 is 0 Å². The van der Waals surface area contributed by atoms with Gasteiger partial charge in [0.25, 0.3) is 0 Å². The number of pyridine rings is 1. The SMILES string of the molecule is Cc1cc2cc3c(cc2n2c(SCC(=O)N4CCCC[C@H]4C)nnc12)OCO3. The summed E-state index contributed by atoms with van der Waals surface area (Å²) in [6.45, 7) is 5.24. The van der Waals surface area contributed by atoms with E-state index in [0.29, 0.717) is 11.8 Å². The number of ether oxygens (including phenoxy) is 2. The Morgan fingerprint density at radius 1 is 1.21 bits per heavy atom. The lowest BCUT2D eigenvalue weighted by atomic mass is 10.0. The number of thioether (sulfide) groups is 1. The second-order valence-corrected chi connectivity index (χ2v) is 8.40. The average molecular weight is 398 g/mol. The van der Waals surface area contributed by atoms with E-state index in [1.165, 1.54) is 18.2 Å². The van der Waals surface area contributed by atoms with Gasteiger partial charge in [0.15, 0.2) is 22.3 Å². The molecule has 0 N–H and O–H groups in total. The molecular formula is C20H22N4O3S. The Bertz CT molecular complexity index is 1080. The van der Waals surface area contributed by atoms with Crippen molar-refractivity contribution in [1.82, 2.24) is 19.5 Å². The van der Waals surface area contributed by atoms with Crippen molar-refractivity contribution in [3.8, 4) is 11.5 Å². The molecule has 8 heteroatoms. The van der Waals surface area contributed by atoms with Crippen molar-refractivity contribution in [3.05, 3.63) is 23.8 Å². The summed E-state index contributed by atoms with van der Waals surface area (Å²) in [5.74, 6) is 2.01. The molecule has 146 valence electrons. The molecule has 0 saturated carbocycles. The third-order valence-corrected chi connectivity index (χ3v) is 6.48. The fourth-order valence-electron chi connectivity index (χ4n) is 4.07. The predicted molar refractivity (Wildman–Crippen MR) is 107 cm³/mol. The van der Waals surface area contributed by atoms with Crippen LogP contribution in [-0.2, 0) is 4.79 Å². The predicted octanol–water partition coefficient (Wildman–Crippen LogP) is 3.41. The number of benzene rings is 1. The lowest BCUT2D eigenvalue weighted by Crippen LogP contribution is -2.42. The molecule has 0 aliphatic carbocycles. The molecule has 7 nitrogen and oxygen atoms in total. The standard InChI is InChI=1S/C20H22N4O3S/c1-12-7-14-8-16-17(27-11-26-16)9-15(14)24-19(12)21-22-20(24)28-10-18(25)23-6-4-3-5-13(23)2/h7-9,13H,3-6,10-11H2,1-2H3/t13-/m1/s1. The number of hydrogen-bond acceptors (Lipinski definition) is 6. The third-order valence-electron chi connectivity index (χ3n) is 5.57. The minimum absolute atomic E-state index is 0.170. The van der Waals surface area contributed by atoms with Gasteiger partial charge in [-0.2, -0.15) is 0 Å². The molecule has 1 fully saturated rings. The highest BCUT2D eigenvalue weighted by molar-refractivity contribution is 7.99. The van der Waals surface area contributed by atoms with Crippen LogP contribution in [0.1, 0.15) is 31.7 Å². The van der Waals surface area contributed by atoms with Crippen LogP contribution in [0.3, 0.4) is 0 Å². The Kier molecular flexibility index (Phi) is 4.30. The van der Waals surface area contributed by atoms with Gasteiger partial charge in [-0.3, -0.25) is 9.20 Å². The van der Waals surface area contributed by atoms with Crippen LogP contribution in [0.2, 0.25) is 0 Å². The van der Waals surface area contributed by atoms with Gasteiger partial charge in [0.05, 0.1) is 11.3 Å². The van der Waals surface area contributed by atoms with Crippen LogP contribution in [0.25, 0.3) is 16.6 Å². The Morgan fingerprint density at radius 2 is 2.04 bits per heavy atom. The van der Waals surface area contributed by atoms with Crippen LogP contribution >= 0.6 is 11.8 Å². The number of likely N-dealkylation sites (tertiary alicyclic amines) is 1. The van der Waals surface area contributed by atoms with Gasteiger partial charge in [0.2, 0.25) is 12.7 Å². The summed E-state index contributed by atoms with van der Waals surface area (Å²) in [7, 11) is 0. The van der Waals surface area contributed by atoms with E-state index in [1.807, 2.05) is 28.4 Å². The highest BCUT2D eigenvalue weighted by Crippen LogP contribution is 2.37. The molecule has 2 aromatic heterocycles. The van der Waals surface area contributed by atoms with Crippen molar-refractivity contribution in [1.29, 1.82) is 0 Å². The molecule has 0 bridgehead atoms. The number of hydrogen-bond donors (Lipinski definition) is 0. The first-order valence-corrected chi connectivity index (χ1v) is 10.6. The largest absolute Gasteiger partial charge is 0.454 e. The van der Waals surface area contributed by atoms with Crippen molar-refractivity contribution < 1.29 is 14.3 Å². The van der Waals surface area contributed by atoms with E-state index in [-0.39, 0.29) is 12.7 Å². The molecule has 1 atom stereocenters. The Labute approximate surface area is 167 Å². The number of fused-ring (bicyclic) bond motifs is 4. The Balaban J connectivity index is 1.49. The Hall–Kier alpha value is -2.48. The highest BCUT2D eigenvalue weighted by atomic mass is 32.2. The van der Waals surface area contributed by atoms with Crippen LogP contribution in [0.5, 0.6) is 11.5 Å². The maximum atomic E-state index is 12.7. The number of carbonyl (C=O) groups is 1. The van der Waals surface area contributed by atoms with Crippen LogP contribution in [0, 0.1) is 6.92 Å². The number of aryl methyl sites for hydroxylation is 1. The van der Waals surface area contributed by atoms with Gasteiger partial charge in [-0.1, -0.05) is 11.8 Å². The van der Waals surface area contributed by atoms with Gasteiger partial charge in [-0.15, -0.1) is 10.2 Å². The average Bonchev–Trinajstić information content (AvgIpc) is 3.32. The summed E-state index contributed by atoms with van der Waals surface area (Å²) in [5, 5.41) is 10.5. The monoisotopic (exact) mass is 398 g/mol. The lowest BCUT2D eigenvalue weighted by Gasteiger charge is -2.33. The minimum atomic E-state index is 0.170. The summed E-state index contributed by atoms with van der Waals surface area (Å²) in [6, 6.07) is 6.35. The van der Waals surface area contributed by atoms with Crippen LogP contribution in [0.15, 0.2) is 23.4 Å². The molecule has 5 rings (SSSR count). The van der Waals surface area contributed by atoms with Crippen molar-refractivity contribution in [2.45, 2.75) is 44.3 Å². The first kappa shape index (κ1) is 17.6. The summed E-state index contributed by atoms with van der Waals surface area (Å²) in [5.41, 5.74) is 2.78. The molecule has 0 radical (unpaired) electrons. The van der Waals surface area contributed by atoms with Crippen LogP contribution in [0.4, 0.5) is 0 Å². The van der Waals surface area contributed by atoms with Gasteiger partial charge < -0.3 is 14.4 Å². The molecule has 1 saturated heterocycles. The summed E-state index contributed by atoms with van der Waals surface area (Å²) in [4.78, 5) is 14.7. The maximum absolute atomic E-state index is 12.7. The van der Waals surface area contributed by atoms with E-state index < -0.39 is 0 Å². The molecule has 28 heavy (non-hydrogen) atoms. The van der Waals surface area contributed by atoms with E-state index in [1.54, 1.807) is 0 Å². The van der Waals surface area contributed by atoms with Gasteiger partial charge in [-0.05, 0) is 50.8 Å². The maximum Gasteiger partial charge on any atom is 0.233 e. The zero-order valence-electron chi connectivity index (χ0n) is 16.0. The summed E-state index contributed by atoms with van der Waals surface area (Å²) >= 11 is 1.44. The van der Waals surface area contributed by atoms with Crippen molar-refractivity contribution in [3.63, 3.8) is 0 Å². The van der Waals surface area contributed by atoms with E-state index in [4.69, 9.17) is 9.47 Å². The Morgan fingerprint density at radius 3 is 2.86 bits per heavy atom. The molecule has 4 heterocycles. The van der Waals surface area contributed by atoms with Crippen molar-refractivity contribution in [2.24, 2.45) is 0 Å². The zero-order chi connectivity index (χ0) is 19.3. The number of amides is 1. The van der Waals surface area contributed by atoms with Crippen LogP contribution in [-0.4, -0.2) is 50.5 Å². The normalized spacial score (nSPS) is 18.9. The lowest BCUT2D eigenvalue weighted by molar-refractivity contribution is -0.131. The number of carbonyl (C=O) groups excluding carboxylic acids is 1. The number of rotatable bonds is 3. The fourth-order valence-corrected chi connectivity index (χ4v) is 4.90. The molecular weight excluding hydrogens is 376 g/mol. The molecule has 0 spiro atoms. The quantitative estimate of drug-likeness (QED) is 0.630. The van der Waals surface area contributed by atoms with Gasteiger partial charge in [0.1, 0.15) is 0 Å². The number of piperidine rings is 1. The minimum Gasteiger partial charge on any atom is -0.454 e. The first-order valence-electron chi connectivity index (χ1n) is 9.62. The fraction of sp³-hybridized carbons (Fsp3) is 0.450. The number of nitrogens with zero attached hydrogens (tertiary/aromatic N) is 4. The summed E-state index contributed by atoms with van der Waals surface area (Å²) in [6.07, 6.45) is 3.38. The number of aromatic nitrogens is 3.